The summed E-state index contributed by atoms with van der Waals surface area (Å²) < 4.78 is 5.52. The van der Waals surface area contributed by atoms with Gasteiger partial charge in [0, 0.05) is 28.7 Å². The number of methoxy groups -OCH3 is 1. The van der Waals surface area contributed by atoms with E-state index >= 15 is 0 Å². The maximum absolute atomic E-state index is 13.0. The van der Waals surface area contributed by atoms with Gasteiger partial charge in [-0.3, -0.25) is 4.79 Å². The van der Waals surface area contributed by atoms with Gasteiger partial charge in [0.25, 0.3) is 0 Å². The van der Waals surface area contributed by atoms with E-state index in [0.717, 1.165) is 21.9 Å². The molecule has 0 spiro atoms. The molecule has 1 amide bonds. The summed E-state index contributed by atoms with van der Waals surface area (Å²) >= 11 is 1.74. The molecule has 25 heavy (non-hydrogen) atoms. The summed E-state index contributed by atoms with van der Waals surface area (Å²) in [4.78, 5) is 16.0. The Labute approximate surface area is 153 Å². The molecule has 1 heterocycles. The molecular formula is C21H23NO2S. The predicted molar refractivity (Wildman–Crippen MR) is 104 cm³/mol. The molecule has 2 aromatic rings. The maximum atomic E-state index is 13.0. The van der Waals surface area contributed by atoms with Crippen LogP contribution in [0, 0.1) is 0 Å². The molecule has 0 saturated heterocycles. The lowest BCUT2D eigenvalue weighted by molar-refractivity contribution is -0.118. The van der Waals surface area contributed by atoms with E-state index in [1.165, 1.54) is 5.57 Å². The fourth-order valence-corrected chi connectivity index (χ4v) is 4.27. The van der Waals surface area contributed by atoms with Gasteiger partial charge in [0.1, 0.15) is 5.75 Å². The van der Waals surface area contributed by atoms with Crippen LogP contribution in [-0.4, -0.2) is 19.6 Å². The number of hydrogen-bond donors (Lipinski definition) is 0. The Bertz CT molecular complexity index is 796. The van der Waals surface area contributed by atoms with Crippen LogP contribution in [0.25, 0.3) is 0 Å². The fraction of sp³-hybridized carbons (Fsp3) is 0.286. The zero-order valence-corrected chi connectivity index (χ0v) is 15.7. The van der Waals surface area contributed by atoms with Crippen molar-refractivity contribution >= 4 is 23.4 Å². The molecular weight excluding hydrogens is 330 g/mol. The molecule has 0 fully saturated rings. The normalized spacial score (nSPS) is 16.8. The summed E-state index contributed by atoms with van der Waals surface area (Å²) in [5, 5.41) is 0.0431. The van der Waals surface area contributed by atoms with E-state index in [1.54, 1.807) is 18.9 Å². The van der Waals surface area contributed by atoms with Crippen LogP contribution in [0.3, 0.4) is 0 Å². The number of hydrogen-bond acceptors (Lipinski definition) is 3. The summed E-state index contributed by atoms with van der Waals surface area (Å²) in [6.45, 7) is 4.72. The van der Waals surface area contributed by atoms with Gasteiger partial charge in [-0.15, -0.1) is 11.8 Å². The first-order chi connectivity index (χ1) is 12.1. The number of carbonyl (C=O) groups is 1. The topological polar surface area (TPSA) is 29.5 Å². The van der Waals surface area contributed by atoms with Gasteiger partial charge in [-0.25, -0.2) is 0 Å². The third-order valence-corrected chi connectivity index (χ3v) is 5.56. The lowest BCUT2D eigenvalue weighted by Gasteiger charge is -2.21. The van der Waals surface area contributed by atoms with E-state index in [4.69, 9.17) is 4.74 Å². The van der Waals surface area contributed by atoms with Crippen molar-refractivity contribution in [1.29, 1.82) is 0 Å². The number of benzene rings is 2. The highest BCUT2D eigenvalue weighted by molar-refractivity contribution is 7.99. The Kier molecular flexibility index (Phi) is 5.49. The zero-order chi connectivity index (χ0) is 17.8. The second kappa shape index (κ2) is 7.79. The summed E-state index contributed by atoms with van der Waals surface area (Å²) in [6, 6.07) is 16.1. The highest BCUT2D eigenvalue weighted by atomic mass is 32.2. The van der Waals surface area contributed by atoms with Crippen LogP contribution < -0.4 is 9.64 Å². The summed E-state index contributed by atoms with van der Waals surface area (Å²) in [6.07, 6.45) is 2.55. The summed E-state index contributed by atoms with van der Waals surface area (Å²) in [5.41, 5.74) is 3.28. The van der Waals surface area contributed by atoms with Gasteiger partial charge in [-0.1, -0.05) is 42.0 Å². The number of para-hydroxylation sites is 2. The average Bonchev–Trinajstić information content (AvgIpc) is 2.75. The molecule has 0 saturated carbocycles. The molecule has 2 aromatic carbocycles. The van der Waals surface area contributed by atoms with Crippen LogP contribution in [0.2, 0.25) is 0 Å². The molecule has 0 N–H and O–H groups in total. The smallest absolute Gasteiger partial charge is 0.228 e. The second-order valence-electron chi connectivity index (χ2n) is 6.31. The van der Waals surface area contributed by atoms with E-state index < -0.39 is 0 Å². The molecule has 3 rings (SSSR count). The number of carbonyl (C=O) groups excluding carboxylic acids is 1. The summed E-state index contributed by atoms with van der Waals surface area (Å²) in [5.74, 6) is 0.980. The zero-order valence-electron chi connectivity index (χ0n) is 14.9. The third-order valence-electron chi connectivity index (χ3n) is 4.25. The van der Waals surface area contributed by atoms with Gasteiger partial charge in [-0.2, -0.15) is 0 Å². The van der Waals surface area contributed by atoms with Crippen LogP contribution in [-0.2, 0) is 4.79 Å². The number of ether oxygens (including phenoxy) is 1. The van der Waals surface area contributed by atoms with Crippen molar-refractivity contribution in [3.63, 3.8) is 0 Å². The first kappa shape index (κ1) is 17.6. The van der Waals surface area contributed by atoms with Crippen molar-refractivity contribution in [3.8, 4) is 5.75 Å². The standard InChI is InChI=1S/C21H23NO2S/c1-15(2)12-13-22-17-9-5-7-11-19(17)25-20(14-21(22)23)16-8-4-6-10-18(16)24-3/h4-12,20H,13-14H2,1-3H3. The van der Waals surface area contributed by atoms with Crippen molar-refractivity contribution in [2.24, 2.45) is 0 Å². The SMILES string of the molecule is COc1ccccc1C1CC(=O)N(CC=C(C)C)c2ccccc2S1. The largest absolute Gasteiger partial charge is 0.496 e. The van der Waals surface area contributed by atoms with Crippen LogP contribution in [0.15, 0.2) is 65.1 Å². The Morgan fingerprint density at radius 2 is 1.92 bits per heavy atom. The van der Waals surface area contributed by atoms with Crippen molar-refractivity contribution in [2.75, 3.05) is 18.6 Å². The average molecular weight is 353 g/mol. The van der Waals surface area contributed by atoms with Crippen molar-refractivity contribution in [2.45, 2.75) is 30.4 Å². The Morgan fingerprint density at radius 3 is 2.68 bits per heavy atom. The lowest BCUT2D eigenvalue weighted by Crippen LogP contribution is -2.31. The molecule has 1 unspecified atom stereocenters. The Morgan fingerprint density at radius 1 is 1.20 bits per heavy atom. The third kappa shape index (κ3) is 3.90. The minimum Gasteiger partial charge on any atom is -0.496 e. The number of nitrogens with zero attached hydrogens (tertiary/aromatic N) is 1. The number of fused-ring (bicyclic) bond motifs is 1. The molecule has 1 aliphatic heterocycles. The van der Waals surface area contributed by atoms with E-state index in [1.807, 2.05) is 41.3 Å². The molecule has 130 valence electrons. The lowest BCUT2D eigenvalue weighted by atomic mass is 10.1. The van der Waals surface area contributed by atoms with Crippen LogP contribution in [0.4, 0.5) is 5.69 Å². The van der Waals surface area contributed by atoms with E-state index in [2.05, 4.69) is 32.1 Å². The first-order valence-corrected chi connectivity index (χ1v) is 9.30. The Balaban J connectivity index is 2.01. The highest BCUT2D eigenvalue weighted by Crippen LogP contribution is 2.47. The number of allylic oxidation sites excluding steroid dienone is 1. The number of rotatable bonds is 4. The number of anilines is 1. The molecule has 4 heteroatoms. The molecule has 3 nitrogen and oxygen atoms in total. The van der Waals surface area contributed by atoms with Crippen LogP contribution >= 0.6 is 11.8 Å². The van der Waals surface area contributed by atoms with Crippen LogP contribution in [0.5, 0.6) is 5.75 Å². The second-order valence-corrected chi connectivity index (χ2v) is 7.55. The minimum atomic E-state index is 0.0431. The van der Waals surface area contributed by atoms with Gasteiger partial charge < -0.3 is 9.64 Å². The summed E-state index contributed by atoms with van der Waals surface area (Å²) in [7, 11) is 1.68. The number of thioether (sulfide) groups is 1. The van der Waals surface area contributed by atoms with E-state index in [0.29, 0.717) is 13.0 Å². The fourth-order valence-electron chi connectivity index (χ4n) is 2.96. The van der Waals surface area contributed by atoms with Gasteiger partial charge in [0.05, 0.1) is 12.8 Å². The van der Waals surface area contributed by atoms with Gasteiger partial charge in [0.15, 0.2) is 0 Å². The molecule has 0 aliphatic carbocycles. The van der Waals surface area contributed by atoms with Crippen molar-refractivity contribution < 1.29 is 9.53 Å². The van der Waals surface area contributed by atoms with Crippen LogP contribution in [0.1, 0.15) is 31.1 Å². The number of amides is 1. The highest BCUT2D eigenvalue weighted by Gasteiger charge is 2.29. The van der Waals surface area contributed by atoms with Crippen molar-refractivity contribution in [1.82, 2.24) is 0 Å². The Hall–Kier alpha value is -2.20. The van der Waals surface area contributed by atoms with Crippen molar-refractivity contribution in [3.05, 3.63) is 65.7 Å². The molecule has 1 aliphatic rings. The van der Waals surface area contributed by atoms with Gasteiger partial charge in [-0.05, 0) is 32.0 Å². The molecule has 0 aromatic heterocycles. The molecule has 0 bridgehead atoms. The van der Waals surface area contributed by atoms with Gasteiger partial charge in [0.2, 0.25) is 5.91 Å². The monoisotopic (exact) mass is 353 g/mol. The maximum Gasteiger partial charge on any atom is 0.228 e. The molecule has 0 radical (unpaired) electrons. The van der Waals surface area contributed by atoms with E-state index in [9.17, 15) is 4.79 Å². The quantitative estimate of drug-likeness (QED) is 0.705. The molecule has 1 atom stereocenters. The van der Waals surface area contributed by atoms with Gasteiger partial charge >= 0.3 is 0 Å². The van der Waals surface area contributed by atoms with E-state index in [-0.39, 0.29) is 11.2 Å². The predicted octanol–water partition coefficient (Wildman–Crippen LogP) is 5.23. The minimum absolute atomic E-state index is 0.0431. The first-order valence-electron chi connectivity index (χ1n) is 8.42.